The van der Waals surface area contributed by atoms with Gasteiger partial charge in [0.25, 0.3) is 0 Å². The van der Waals surface area contributed by atoms with Gasteiger partial charge in [-0.1, -0.05) is 30.3 Å². The molecule has 0 aliphatic carbocycles. The highest BCUT2D eigenvalue weighted by Crippen LogP contribution is 2.31. The lowest BCUT2D eigenvalue weighted by Crippen LogP contribution is -2.37. The zero-order chi connectivity index (χ0) is 18.8. The molecule has 0 amide bonds. The molecule has 2 fully saturated rings. The van der Waals surface area contributed by atoms with Crippen molar-refractivity contribution in [2.45, 2.75) is 31.0 Å². The van der Waals surface area contributed by atoms with Gasteiger partial charge in [0.2, 0.25) is 5.95 Å². The molecule has 1 aromatic carbocycles. The largest absolute Gasteiger partial charge is 0.463 e. The number of fused-ring (bicyclic) bond motifs is 1. The Balaban J connectivity index is 1.21. The summed E-state index contributed by atoms with van der Waals surface area (Å²) in [4.78, 5) is 8.85. The molecule has 2 saturated heterocycles. The summed E-state index contributed by atoms with van der Waals surface area (Å²) in [6.45, 7) is 1.59. The number of nitrogens with zero attached hydrogens (tertiary/aromatic N) is 2. The van der Waals surface area contributed by atoms with Crippen LogP contribution in [0.2, 0.25) is 0 Å². The number of hydrogen-bond acceptors (Lipinski definition) is 7. The highest BCUT2D eigenvalue weighted by molar-refractivity contribution is 5.53. The van der Waals surface area contributed by atoms with Crippen LogP contribution < -0.4 is 5.32 Å². The predicted molar refractivity (Wildman–Crippen MR) is 102 cm³/mol. The number of nitrogens with one attached hydrogen (secondary N) is 1. The Labute approximate surface area is 162 Å². The molecule has 144 valence electrons. The van der Waals surface area contributed by atoms with Crippen molar-refractivity contribution >= 4 is 5.95 Å². The average molecular weight is 379 g/mol. The number of furan rings is 1. The standard InChI is InChI=1S/C21H21N3O4/c1-2-5-14(6-3-1)11-26-18-13-28-19-16(12-27-20(18)19)24-21-22-9-8-15(23-21)17-7-4-10-25-17/h1-10,16,18-20H,11-13H2,(H,22,23,24)/t16-,18+,19+,20+/m0/s1. The van der Waals surface area contributed by atoms with Gasteiger partial charge in [-0.3, -0.25) is 0 Å². The Morgan fingerprint density at radius 3 is 2.75 bits per heavy atom. The lowest BCUT2D eigenvalue weighted by Gasteiger charge is -2.18. The van der Waals surface area contributed by atoms with Crippen LogP contribution in [0.3, 0.4) is 0 Å². The van der Waals surface area contributed by atoms with Crippen LogP contribution >= 0.6 is 0 Å². The molecule has 5 rings (SSSR count). The third-order valence-corrected chi connectivity index (χ3v) is 5.06. The first-order chi connectivity index (χ1) is 13.9. The fourth-order valence-electron chi connectivity index (χ4n) is 3.66. The second-order valence-corrected chi connectivity index (χ2v) is 6.92. The summed E-state index contributed by atoms with van der Waals surface area (Å²) in [5, 5.41) is 3.34. The van der Waals surface area contributed by atoms with Crippen molar-refractivity contribution in [2.75, 3.05) is 18.5 Å². The van der Waals surface area contributed by atoms with E-state index in [9.17, 15) is 0 Å². The van der Waals surface area contributed by atoms with Crippen molar-refractivity contribution in [3.05, 3.63) is 66.6 Å². The van der Waals surface area contributed by atoms with Crippen LogP contribution in [0.25, 0.3) is 11.5 Å². The maximum Gasteiger partial charge on any atom is 0.223 e. The van der Waals surface area contributed by atoms with Gasteiger partial charge in [-0.15, -0.1) is 0 Å². The van der Waals surface area contributed by atoms with Crippen LogP contribution in [0.1, 0.15) is 5.56 Å². The van der Waals surface area contributed by atoms with Gasteiger partial charge in [0.1, 0.15) is 24.0 Å². The molecule has 7 nitrogen and oxygen atoms in total. The van der Waals surface area contributed by atoms with Gasteiger partial charge in [-0.05, 0) is 23.8 Å². The van der Waals surface area contributed by atoms with Crippen molar-refractivity contribution < 1.29 is 18.6 Å². The highest BCUT2D eigenvalue weighted by Gasteiger charge is 2.48. The monoisotopic (exact) mass is 379 g/mol. The third kappa shape index (κ3) is 3.52. The van der Waals surface area contributed by atoms with Gasteiger partial charge in [-0.2, -0.15) is 0 Å². The molecule has 2 aliphatic heterocycles. The summed E-state index contributed by atoms with van der Waals surface area (Å²) in [7, 11) is 0. The number of ether oxygens (including phenoxy) is 3. The van der Waals surface area contributed by atoms with Crippen LogP contribution in [0, 0.1) is 0 Å². The van der Waals surface area contributed by atoms with Crippen LogP contribution in [-0.4, -0.2) is 47.5 Å². The van der Waals surface area contributed by atoms with E-state index in [1.165, 1.54) is 0 Å². The maximum atomic E-state index is 6.05. The molecule has 0 bridgehead atoms. The number of hydrogen-bond donors (Lipinski definition) is 1. The molecule has 2 aromatic heterocycles. The maximum absolute atomic E-state index is 6.05. The summed E-state index contributed by atoms with van der Waals surface area (Å²) in [6.07, 6.45) is 3.09. The van der Waals surface area contributed by atoms with Crippen LogP contribution in [0.4, 0.5) is 5.95 Å². The van der Waals surface area contributed by atoms with E-state index in [-0.39, 0.29) is 24.4 Å². The molecule has 3 aromatic rings. The average Bonchev–Trinajstić information content (AvgIpc) is 3.47. The first-order valence-electron chi connectivity index (χ1n) is 9.39. The molecule has 0 saturated carbocycles. The minimum atomic E-state index is -0.0885. The molecule has 28 heavy (non-hydrogen) atoms. The summed E-state index contributed by atoms with van der Waals surface area (Å²) >= 11 is 0. The zero-order valence-corrected chi connectivity index (χ0v) is 15.2. The molecule has 0 unspecified atom stereocenters. The Kier molecular flexibility index (Phi) is 4.78. The molecule has 4 atom stereocenters. The zero-order valence-electron chi connectivity index (χ0n) is 15.2. The summed E-state index contributed by atoms with van der Waals surface area (Å²) < 4.78 is 23.4. The van der Waals surface area contributed by atoms with Crippen molar-refractivity contribution in [1.29, 1.82) is 0 Å². The van der Waals surface area contributed by atoms with Crippen LogP contribution in [0.15, 0.2) is 65.4 Å². The molecule has 4 heterocycles. The van der Waals surface area contributed by atoms with Crippen LogP contribution in [0.5, 0.6) is 0 Å². The van der Waals surface area contributed by atoms with Gasteiger partial charge in [0.15, 0.2) is 5.76 Å². The normalized spacial score (nSPS) is 26.3. The van der Waals surface area contributed by atoms with E-state index in [0.29, 0.717) is 31.5 Å². The van der Waals surface area contributed by atoms with Gasteiger partial charge in [-0.25, -0.2) is 9.97 Å². The van der Waals surface area contributed by atoms with Gasteiger partial charge in [0.05, 0.1) is 32.1 Å². The fourth-order valence-corrected chi connectivity index (χ4v) is 3.66. The molecular weight excluding hydrogens is 358 g/mol. The van der Waals surface area contributed by atoms with E-state index >= 15 is 0 Å². The van der Waals surface area contributed by atoms with E-state index < -0.39 is 0 Å². The highest BCUT2D eigenvalue weighted by atomic mass is 16.6. The third-order valence-electron chi connectivity index (χ3n) is 5.06. The Morgan fingerprint density at radius 1 is 1.00 bits per heavy atom. The van der Waals surface area contributed by atoms with Crippen molar-refractivity contribution in [3.63, 3.8) is 0 Å². The molecule has 2 aliphatic rings. The van der Waals surface area contributed by atoms with E-state index in [1.54, 1.807) is 12.5 Å². The number of aromatic nitrogens is 2. The number of benzene rings is 1. The summed E-state index contributed by atoms with van der Waals surface area (Å²) in [5.41, 5.74) is 1.87. The molecular formula is C21H21N3O4. The lowest BCUT2D eigenvalue weighted by atomic mass is 10.1. The lowest BCUT2D eigenvalue weighted by molar-refractivity contribution is -0.0388. The van der Waals surface area contributed by atoms with E-state index in [2.05, 4.69) is 27.4 Å². The van der Waals surface area contributed by atoms with Gasteiger partial charge < -0.3 is 23.9 Å². The Hall–Kier alpha value is -2.74. The van der Waals surface area contributed by atoms with Crippen LogP contribution in [-0.2, 0) is 20.8 Å². The Bertz CT molecular complexity index is 903. The van der Waals surface area contributed by atoms with Gasteiger partial charge >= 0.3 is 0 Å². The fraction of sp³-hybridized carbons (Fsp3) is 0.333. The van der Waals surface area contributed by atoms with Crippen molar-refractivity contribution in [2.24, 2.45) is 0 Å². The quantitative estimate of drug-likeness (QED) is 0.705. The molecule has 7 heteroatoms. The van der Waals surface area contributed by atoms with E-state index in [1.807, 2.05) is 36.4 Å². The molecule has 0 spiro atoms. The second kappa shape index (κ2) is 7.71. The van der Waals surface area contributed by atoms with E-state index in [4.69, 9.17) is 18.6 Å². The van der Waals surface area contributed by atoms with E-state index in [0.717, 1.165) is 11.3 Å². The number of anilines is 1. The minimum absolute atomic E-state index is 0.0258. The smallest absolute Gasteiger partial charge is 0.223 e. The van der Waals surface area contributed by atoms with Crippen molar-refractivity contribution in [1.82, 2.24) is 9.97 Å². The summed E-state index contributed by atoms with van der Waals surface area (Å²) in [6, 6.07) is 15.6. The Morgan fingerprint density at radius 2 is 1.89 bits per heavy atom. The molecule has 0 radical (unpaired) electrons. The first kappa shape index (κ1) is 17.4. The topological polar surface area (TPSA) is 78.6 Å². The molecule has 1 N–H and O–H groups in total. The predicted octanol–water partition coefficient (Wildman–Crippen LogP) is 2.90. The second-order valence-electron chi connectivity index (χ2n) is 6.92. The summed E-state index contributed by atoms with van der Waals surface area (Å²) in [5.74, 6) is 1.23. The van der Waals surface area contributed by atoms with Crippen molar-refractivity contribution in [3.8, 4) is 11.5 Å². The first-order valence-corrected chi connectivity index (χ1v) is 9.39. The minimum Gasteiger partial charge on any atom is -0.463 e. The van der Waals surface area contributed by atoms with Gasteiger partial charge in [0, 0.05) is 6.20 Å². The SMILES string of the molecule is c1ccc(CO[C@@H]2CO[C@H]3[C@@H]2OC[C@@H]3Nc2nccc(-c3ccco3)n2)cc1. The number of rotatable bonds is 6.